The molecule has 0 bridgehead atoms. The SMILES string of the molecule is CC(Sc1nnc(C(C)N(C)C)n1-c1ccc(Cl)cc1)C(=O)Nc1ccccc1F. The first-order valence-electron chi connectivity index (χ1n) is 9.37. The Morgan fingerprint density at radius 2 is 1.80 bits per heavy atom. The highest BCUT2D eigenvalue weighted by atomic mass is 35.5. The third kappa shape index (κ3) is 5.00. The van der Waals surface area contributed by atoms with Crippen LogP contribution in [0.25, 0.3) is 5.69 Å². The van der Waals surface area contributed by atoms with Crippen molar-refractivity contribution in [2.24, 2.45) is 0 Å². The highest BCUT2D eigenvalue weighted by Crippen LogP contribution is 2.30. The van der Waals surface area contributed by atoms with E-state index in [0.717, 1.165) is 11.5 Å². The Hall–Kier alpha value is -2.42. The second-order valence-corrected chi connectivity index (χ2v) is 8.77. The van der Waals surface area contributed by atoms with Gasteiger partial charge in [0.2, 0.25) is 5.91 Å². The molecule has 3 aromatic rings. The van der Waals surface area contributed by atoms with Gasteiger partial charge in [-0.1, -0.05) is 35.5 Å². The van der Waals surface area contributed by atoms with Crippen molar-refractivity contribution < 1.29 is 9.18 Å². The maximum atomic E-state index is 13.9. The summed E-state index contributed by atoms with van der Waals surface area (Å²) in [5.41, 5.74) is 0.994. The molecule has 3 rings (SSSR count). The number of nitrogens with one attached hydrogen (secondary N) is 1. The fourth-order valence-corrected chi connectivity index (χ4v) is 3.70. The van der Waals surface area contributed by atoms with Crippen LogP contribution in [-0.2, 0) is 4.79 Å². The molecule has 1 amide bonds. The molecule has 0 radical (unpaired) electrons. The summed E-state index contributed by atoms with van der Waals surface area (Å²) < 4.78 is 15.8. The van der Waals surface area contributed by atoms with Crippen molar-refractivity contribution in [3.05, 3.63) is 65.2 Å². The Kier molecular flexibility index (Phi) is 7.12. The number of para-hydroxylation sites is 1. The Bertz CT molecular complexity index is 1020. The monoisotopic (exact) mass is 447 g/mol. The van der Waals surface area contributed by atoms with Crippen molar-refractivity contribution in [3.8, 4) is 5.69 Å². The first-order valence-corrected chi connectivity index (χ1v) is 10.6. The molecule has 158 valence electrons. The van der Waals surface area contributed by atoms with Crippen LogP contribution in [0.4, 0.5) is 10.1 Å². The number of aromatic nitrogens is 3. The first-order chi connectivity index (χ1) is 14.3. The van der Waals surface area contributed by atoms with Crippen molar-refractivity contribution in [3.63, 3.8) is 0 Å². The quantitative estimate of drug-likeness (QED) is 0.527. The number of nitrogens with zero attached hydrogens (tertiary/aromatic N) is 4. The van der Waals surface area contributed by atoms with Crippen LogP contribution in [0.15, 0.2) is 53.7 Å². The van der Waals surface area contributed by atoms with Crippen LogP contribution in [0, 0.1) is 5.82 Å². The summed E-state index contributed by atoms with van der Waals surface area (Å²) in [6.07, 6.45) is 0. The zero-order valence-corrected chi connectivity index (χ0v) is 18.7. The molecular formula is C21H23ClFN5OS. The van der Waals surface area contributed by atoms with Crippen molar-refractivity contribution in [1.29, 1.82) is 0 Å². The summed E-state index contributed by atoms with van der Waals surface area (Å²) in [5.74, 6) is -0.0565. The maximum absolute atomic E-state index is 13.9. The third-order valence-electron chi connectivity index (χ3n) is 4.67. The minimum atomic E-state index is -0.526. The van der Waals surface area contributed by atoms with Crippen LogP contribution in [0.1, 0.15) is 25.7 Å². The highest BCUT2D eigenvalue weighted by molar-refractivity contribution is 8.00. The number of thioether (sulfide) groups is 1. The van der Waals surface area contributed by atoms with Gasteiger partial charge < -0.3 is 5.32 Å². The Morgan fingerprint density at radius 3 is 2.43 bits per heavy atom. The van der Waals surface area contributed by atoms with E-state index in [2.05, 4.69) is 15.5 Å². The van der Waals surface area contributed by atoms with Gasteiger partial charge in [-0.15, -0.1) is 10.2 Å². The molecular weight excluding hydrogens is 425 g/mol. The van der Waals surface area contributed by atoms with E-state index in [1.807, 2.05) is 42.6 Å². The molecule has 6 nitrogen and oxygen atoms in total. The fourth-order valence-electron chi connectivity index (χ4n) is 2.70. The van der Waals surface area contributed by atoms with Crippen LogP contribution < -0.4 is 5.32 Å². The zero-order valence-electron chi connectivity index (χ0n) is 17.1. The molecule has 0 saturated carbocycles. The topological polar surface area (TPSA) is 63.1 Å². The Morgan fingerprint density at radius 1 is 1.13 bits per heavy atom. The summed E-state index contributed by atoms with van der Waals surface area (Å²) in [7, 11) is 3.92. The van der Waals surface area contributed by atoms with Crippen molar-refractivity contribution in [2.75, 3.05) is 19.4 Å². The molecule has 1 heterocycles. The largest absolute Gasteiger partial charge is 0.323 e. The summed E-state index contributed by atoms with van der Waals surface area (Å²) in [6.45, 7) is 3.77. The van der Waals surface area contributed by atoms with Crippen LogP contribution >= 0.6 is 23.4 Å². The number of carbonyl (C=O) groups excluding carboxylic acids is 1. The standard InChI is InChI=1S/C21H23ClFN5OS/c1-13(27(3)4)19-25-26-21(28(19)16-11-9-15(22)10-12-16)30-14(2)20(29)24-18-8-6-5-7-17(18)23/h5-14H,1-4H3,(H,24,29). The number of hydrogen-bond donors (Lipinski definition) is 1. The Balaban J connectivity index is 1.88. The van der Waals surface area contributed by atoms with Crippen molar-refractivity contribution in [1.82, 2.24) is 19.7 Å². The van der Waals surface area contributed by atoms with E-state index in [4.69, 9.17) is 11.6 Å². The summed E-state index contributed by atoms with van der Waals surface area (Å²) in [4.78, 5) is 14.7. The molecule has 0 saturated heterocycles. The van der Waals surface area contributed by atoms with Crippen LogP contribution in [-0.4, -0.2) is 44.9 Å². The predicted octanol–water partition coefficient (Wildman–Crippen LogP) is 4.80. The van der Waals surface area contributed by atoms with Gasteiger partial charge in [0, 0.05) is 10.7 Å². The maximum Gasteiger partial charge on any atom is 0.237 e. The van der Waals surface area contributed by atoms with Gasteiger partial charge in [0.05, 0.1) is 17.0 Å². The predicted molar refractivity (Wildman–Crippen MR) is 119 cm³/mol. The molecule has 2 unspecified atom stereocenters. The number of anilines is 1. The lowest BCUT2D eigenvalue weighted by Gasteiger charge is -2.21. The number of amides is 1. The molecule has 0 spiro atoms. The van der Waals surface area contributed by atoms with E-state index in [1.165, 1.54) is 23.9 Å². The summed E-state index contributed by atoms with van der Waals surface area (Å²) >= 11 is 7.30. The number of halogens is 2. The second-order valence-electron chi connectivity index (χ2n) is 7.02. The van der Waals surface area contributed by atoms with E-state index in [0.29, 0.717) is 10.2 Å². The molecule has 2 aromatic carbocycles. The van der Waals surface area contributed by atoms with Gasteiger partial charge in [-0.3, -0.25) is 14.3 Å². The van der Waals surface area contributed by atoms with Crippen LogP contribution in [0.2, 0.25) is 5.02 Å². The first kappa shape index (κ1) is 22.3. The number of carbonyl (C=O) groups is 1. The zero-order chi connectivity index (χ0) is 21.8. The molecule has 0 fully saturated rings. The molecule has 1 aromatic heterocycles. The molecule has 30 heavy (non-hydrogen) atoms. The van der Waals surface area contributed by atoms with E-state index in [1.54, 1.807) is 31.2 Å². The van der Waals surface area contributed by atoms with Crippen LogP contribution in [0.5, 0.6) is 0 Å². The van der Waals surface area contributed by atoms with Gasteiger partial charge in [-0.2, -0.15) is 0 Å². The average Bonchev–Trinajstić information content (AvgIpc) is 3.12. The molecule has 1 N–H and O–H groups in total. The average molecular weight is 448 g/mol. The van der Waals surface area contributed by atoms with Gasteiger partial charge in [0.1, 0.15) is 5.82 Å². The number of benzene rings is 2. The number of rotatable bonds is 7. The molecule has 0 aliphatic carbocycles. The van der Waals surface area contributed by atoms with E-state index in [-0.39, 0.29) is 17.6 Å². The normalized spacial score (nSPS) is 13.3. The second kappa shape index (κ2) is 9.59. The summed E-state index contributed by atoms with van der Waals surface area (Å²) in [5, 5.41) is 12.0. The van der Waals surface area contributed by atoms with Crippen molar-refractivity contribution >= 4 is 35.0 Å². The number of hydrogen-bond acceptors (Lipinski definition) is 5. The molecule has 9 heteroatoms. The van der Waals surface area contributed by atoms with Gasteiger partial charge in [-0.05, 0) is 64.3 Å². The highest BCUT2D eigenvalue weighted by Gasteiger charge is 2.24. The van der Waals surface area contributed by atoms with Gasteiger partial charge >= 0.3 is 0 Å². The molecule has 0 aliphatic rings. The smallest absolute Gasteiger partial charge is 0.237 e. The van der Waals surface area contributed by atoms with Crippen LogP contribution in [0.3, 0.4) is 0 Å². The van der Waals surface area contributed by atoms with E-state index < -0.39 is 11.1 Å². The Labute approximate surface area is 184 Å². The lowest BCUT2D eigenvalue weighted by atomic mass is 10.2. The lowest BCUT2D eigenvalue weighted by molar-refractivity contribution is -0.115. The van der Waals surface area contributed by atoms with E-state index >= 15 is 0 Å². The fraction of sp³-hybridized carbons (Fsp3) is 0.286. The van der Waals surface area contributed by atoms with Gasteiger partial charge in [0.15, 0.2) is 11.0 Å². The minimum absolute atomic E-state index is 0.00919. The third-order valence-corrected chi connectivity index (χ3v) is 5.97. The molecule has 2 atom stereocenters. The van der Waals surface area contributed by atoms with Crippen molar-refractivity contribution in [2.45, 2.75) is 30.3 Å². The van der Waals surface area contributed by atoms with Gasteiger partial charge in [-0.25, -0.2) is 4.39 Å². The molecule has 0 aliphatic heterocycles. The minimum Gasteiger partial charge on any atom is -0.323 e. The van der Waals surface area contributed by atoms with E-state index in [9.17, 15) is 9.18 Å². The lowest BCUT2D eigenvalue weighted by Crippen LogP contribution is -2.24. The van der Waals surface area contributed by atoms with Gasteiger partial charge in [0.25, 0.3) is 0 Å². The summed E-state index contributed by atoms with van der Waals surface area (Å²) in [6, 6.07) is 13.4.